The summed E-state index contributed by atoms with van der Waals surface area (Å²) >= 11 is 0. The molecule has 0 fully saturated rings. The number of aryl methyl sites for hydroxylation is 3. The van der Waals surface area contributed by atoms with Gasteiger partial charge in [-0.2, -0.15) is 5.10 Å². The van der Waals surface area contributed by atoms with Crippen molar-refractivity contribution in [1.82, 2.24) is 9.78 Å². The molecule has 0 radical (unpaired) electrons. The third-order valence-corrected chi connectivity index (χ3v) is 3.27. The molecule has 0 unspecified atom stereocenters. The van der Waals surface area contributed by atoms with Gasteiger partial charge in [0.1, 0.15) is 0 Å². The molecule has 1 N–H and O–H groups in total. The van der Waals surface area contributed by atoms with Gasteiger partial charge in [0.25, 0.3) is 0 Å². The van der Waals surface area contributed by atoms with Gasteiger partial charge >= 0.3 is 0 Å². The van der Waals surface area contributed by atoms with Gasteiger partial charge in [-0.25, -0.2) is 0 Å². The predicted octanol–water partition coefficient (Wildman–Crippen LogP) is 3.07. The van der Waals surface area contributed by atoms with Gasteiger partial charge < -0.3 is 5.11 Å². The molecule has 0 atom stereocenters. The minimum absolute atomic E-state index is 0.104. The van der Waals surface area contributed by atoms with Crippen molar-refractivity contribution in [3.63, 3.8) is 0 Å². The first kappa shape index (κ1) is 12.8. The van der Waals surface area contributed by atoms with E-state index in [1.165, 1.54) is 5.56 Å². The van der Waals surface area contributed by atoms with E-state index in [0.29, 0.717) is 0 Å². The lowest BCUT2D eigenvalue weighted by molar-refractivity contribution is 0.280. The molecule has 96 valence electrons. The van der Waals surface area contributed by atoms with E-state index in [2.05, 4.69) is 30.4 Å². The van der Waals surface area contributed by atoms with Crippen LogP contribution in [-0.4, -0.2) is 14.9 Å². The van der Waals surface area contributed by atoms with Crippen molar-refractivity contribution in [1.29, 1.82) is 0 Å². The zero-order valence-electron chi connectivity index (χ0n) is 11.3. The quantitative estimate of drug-likeness (QED) is 0.897. The maximum atomic E-state index is 9.32. The molecule has 0 saturated heterocycles. The van der Waals surface area contributed by atoms with Crippen molar-refractivity contribution in [2.24, 2.45) is 0 Å². The fraction of sp³-hybridized carbons (Fsp3) is 0.400. The lowest BCUT2D eigenvalue weighted by Gasteiger charge is -2.09. The SMILES string of the molecule is CCCn1cc(-c2cc(C)c(CO)c(C)c2)cn1. The highest BCUT2D eigenvalue weighted by atomic mass is 16.3. The van der Waals surface area contributed by atoms with Crippen LogP contribution in [0.2, 0.25) is 0 Å². The van der Waals surface area contributed by atoms with Gasteiger partial charge in [-0.15, -0.1) is 0 Å². The van der Waals surface area contributed by atoms with E-state index in [1.807, 2.05) is 24.7 Å². The molecule has 0 aliphatic rings. The molecule has 1 aromatic heterocycles. The zero-order valence-corrected chi connectivity index (χ0v) is 11.3. The molecule has 0 spiro atoms. The maximum absolute atomic E-state index is 9.32. The number of benzene rings is 1. The van der Waals surface area contributed by atoms with Crippen LogP contribution in [0.25, 0.3) is 11.1 Å². The number of hydrogen-bond donors (Lipinski definition) is 1. The molecule has 2 rings (SSSR count). The first-order chi connectivity index (χ1) is 8.65. The van der Waals surface area contributed by atoms with E-state index >= 15 is 0 Å². The standard InChI is InChI=1S/C15H20N2O/c1-4-5-17-9-14(8-16-17)13-6-11(2)15(10-18)12(3)7-13/h6-9,18H,4-5,10H2,1-3H3. The van der Waals surface area contributed by atoms with Crippen LogP contribution in [0, 0.1) is 13.8 Å². The molecule has 0 amide bonds. The number of rotatable bonds is 4. The van der Waals surface area contributed by atoms with Gasteiger partial charge in [0.05, 0.1) is 12.8 Å². The van der Waals surface area contributed by atoms with Crippen LogP contribution >= 0.6 is 0 Å². The molecule has 1 heterocycles. The summed E-state index contributed by atoms with van der Waals surface area (Å²) in [6, 6.07) is 4.23. The number of aromatic nitrogens is 2. The minimum Gasteiger partial charge on any atom is -0.392 e. The maximum Gasteiger partial charge on any atom is 0.0686 e. The van der Waals surface area contributed by atoms with Crippen LogP contribution in [0.15, 0.2) is 24.5 Å². The molecule has 18 heavy (non-hydrogen) atoms. The number of aliphatic hydroxyl groups excluding tert-OH is 1. The summed E-state index contributed by atoms with van der Waals surface area (Å²) in [4.78, 5) is 0. The van der Waals surface area contributed by atoms with Crippen molar-refractivity contribution in [2.75, 3.05) is 0 Å². The van der Waals surface area contributed by atoms with Gasteiger partial charge in [0.15, 0.2) is 0 Å². The van der Waals surface area contributed by atoms with Crippen LogP contribution in [0.3, 0.4) is 0 Å². The van der Waals surface area contributed by atoms with Crippen molar-refractivity contribution in [3.05, 3.63) is 41.2 Å². The summed E-state index contributed by atoms with van der Waals surface area (Å²) in [6.45, 7) is 7.28. The van der Waals surface area contributed by atoms with Gasteiger partial charge in [-0.05, 0) is 42.5 Å². The van der Waals surface area contributed by atoms with E-state index in [-0.39, 0.29) is 6.61 Å². The van der Waals surface area contributed by atoms with Gasteiger partial charge in [0, 0.05) is 18.3 Å². The fourth-order valence-electron chi connectivity index (χ4n) is 2.27. The van der Waals surface area contributed by atoms with Crippen LogP contribution in [0.5, 0.6) is 0 Å². The summed E-state index contributed by atoms with van der Waals surface area (Å²) < 4.78 is 1.97. The zero-order chi connectivity index (χ0) is 13.1. The second-order valence-electron chi connectivity index (χ2n) is 4.74. The van der Waals surface area contributed by atoms with Crippen LogP contribution in [0.4, 0.5) is 0 Å². The molecule has 0 saturated carbocycles. The first-order valence-corrected chi connectivity index (χ1v) is 6.39. The molecule has 2 aromatic rings. The van der Waals surface area contributed by atoms with Crippen molar-refractivity contribution >= 4 is 0 Å². The predicted molar refractivity (Wildman–Crippen MR) is 73.4 cm³/mol. The van der Waals surface area contributed by atoms with E-state index in [1.54, 1.807) is 0 Å². The Labute approximate surface area is 108 Å². The highest BCUT2D eigenvalue weighted by Gasteiger charge is 2.07. The average Bonchev–Trinajstić information content (AvgIpc) is 2.78. The Morgan fingerprint density at radius 2 is 1.83 bits per heavy atom. The van der Waals surface area contributed by atoms with Gasteiger partial charge in [0.2, 0.25) is 0 Å². The summed E-state index contributed by atoms with van der Waals surface area (Å²) in [6.07, 6.45) is 5.07. The average molecular weight is 244 g/mol. The number of hydrogen-bond acceptors (Lipinski definition) is 2. The largest absolute Gasteiger partial charge is 0.392 e. The Morgan fingerprint density at radius 3 is 2.39 bits per heavy atom. The van der Waals surface area contributed by atoms with E-state index in [4.69, 9.17) is 0 Å². The molecular formula is C15H20N2O. The van der Waals surface area contributed by atoms with Crippen LogP contribution in [0.1, 0.15) is 30.0 Å². The Balaban J connectivity index is 2.38. The molecule has 3 nitrogen and oxygen atoms in total. The molecule has 0 aliphatic heterocycles. The van der Waals surface area contributed by atoms with E-state index < -0.39 is 0 Å². The molecule has 0 bridgehead atoms. The Morgan fingerprint density at radius 1 is 1.17 bits per heavy atom. The van der Waals surface area contributed by atoms with Gasteiger partial charge in [-0.1, -0.05) is 19.1 Å². The monoisotopic (exact) mass is 244 g/mol. The van der Waals surface area contributed by atoms with E-state index in [0.717, 1.165) is 35.2 Å². The summed E-state index contributed by atoms with van der Waals surface area (Å²) in [7, 11) is 0. The van der Waals surface area contributed by atoms with Crippen molar-refractivity contribution < 1.29 is 5.11 Å². The Bertz CT molecular complexity index is 520. The lowest BCUT2D eigenvalue weighted by atomic mass is 9.97. The normalized spacial score (nSPS) is 10.9. The van der Waals surface area contributed by atoms with Crippen molar-refractivity contribution in [2.45, 2.75) is 40.3 Å². The van der Waals surface area contributed by atoms with Crippen LogP contribution in [-0.2, 0) is 13.2 Å². The van der Waals surface area contributed by atoms with Gasteiger partial charge in [-0.3, -0.25) is 4.68 Å². The lowest BCUT2D eigenvalue weighted by Crippen LogP contribution is -1.96. The second-order valence-corrected chi connectivity index (χ2v) is 4.74. The highest BCUT2D eigenvalue weighted by molar-refractivity contribution is 5.64. The second kappa shape index (κ2) is 5.36. The molecular weight excluding hydrogens is 224 g/mol. The topological polar surface area (TPSA) is 38.0 Å². The van der Waals surface area contributed by atoms with Crippen molar-refractivity contribution in [3.8, 4) is 11.1 Å². The Hall–Kier alpha value is -1.61. The summed E-state index contributed by atoms with van der Waals surface area (Å²) in [5.74, 6) is 0. The first-order valence-electron chi connectivity index (χ1n) is 6.39. The molecule has 1 aromatic carbocycles. The minimum atomic E-state index is 0.104. The molecule has 0 aliphatic carbocycles. The summed E-state index contributed by atoms with van der Waals surface area (Å²) in [5, 5.41) is 13.7. The number of aliphatic hydroxyl groups is 1. The van der Waals surface area contributed by atoms with Crippen LogP contribution < -0.4 is 0 Å². The molecule has 3 heteroatoms. The third-order valence-electron chi connectivity index (χ3n) is 3.27. The summed E-state index contributed by atoms with van der Waals surface area (Å²) in [5.41, 5.74) is 5.61. The Kier molecular flexibility index (Phi) is 3.82. The van der Waals surface area contributed by atoms with E-state index in [9.17, 15) is 5.11 Å². The highest BCUT2D eigenvalue weighted by Crippen LogP contribution is 2.25. The third kappa shape index (κ3) is 2.46. The number of nitrogens with zero attached hydrogens (tertiary/aromatic N) is 2. The fourth-order valence-corrected chi connectivity index (χ4v) is 2.27. The smallest absolute Gasteiger partial charge is 0.0686 e.